The van der Waals surface area contributed by atoms with Gasteiger partial charge in [-0.1, -0.05) is 27.7 Å². The lowest BCUT2D eigenvalue weighted by atomic mass is 9.49. The Morgan fingerprint density at radius 1 is 1.11 bits per heavy atom. The van der Waals surface area contributed by atoms with Gasteiger partial charge in [0.15, 0.2) is 0 Å². The zero-order chi connectivity index (χ0) is 26.1. The lowest BCUT2D eigenvalue weighted by Crippen LogP contribution is -2.74. The highest BCUT2D eigenvalue weighted by atomic mass is 16.5. The summed E-state index contributed by atoms with van der Waals surface area (Å²) in [5.41, 5.74) is 1.59. The molecule has 1 saturated heterocycles. The number of aliphatic hydroxyl groups excluding tert-OH is 1. The van der Waals surface area contributed by atoms with Crippen LogP contribution in [0.5, 0.6) is 11.5 Å². The Kier molecular flexibility index (Phi) is 7.19. The number of piperidine rings is 1. The molecule has 2 aromatic rings. The normalized spacial score (nSPS) is 22.8. The second kappa shape index (κ2) is 10.0. The molecule has 2 aliphatic rings. The molecule has 0 atom stereocenters. The SMILES string of the molecule is COc1cc(OC2C(C)(C)C(NC(=O)c3ccc(N4CCC(CO)CC4)cc3)C2(C)C)ccc1C#N. The number of benzene rings is 2. The maximum absolute atomic E-state index is 13.2. The highest BCUT2D eigenvalue weighted by molar-refractivity contribution is 5.95. The molecule has 0 unspecified atom stereocenters. The average Bonchev–Trinajstić information content (AvgIpc) is 2.89. The van der Waals surface area contributed by atoms with Crippen molar-refractivity contribution in [3.63, 3.8) is 0 Å². The lowest BCUT2D eigenvalue weighted by Gasteiger charge is -2.63. The predicted molar refractivity (Wildman–Crippen MR) is 139 cm³/mol. The van der Waals surface area contributed by atoms with Crippen LogP contribution in [-0.2, 0) is 0 Å². The number of carbonyl (C=O) groups excluding carboxylic acids is 1. The molecule has 192 valence electrons. The van der Waals surface area contributed by atoms with Crippen molar-refractivity contribution in [2.24, 2.45) is 16.7 Å². The van der Waals surface area contributed by atoms with E-state index < -0.39 is 0 Å². The van der Waals surface area contributed by atoms with Gasteiger partial charge in [-0.25, -0.2) is 0 Å². The number of anilines is 1. The summed E-state index contributed by atoms with van der Waals surface area (Å²) in [6, 6.07) is 15.1. The lowest BCUT2D eigenvalue weighted by molar-refractivity contribution is -0.164. The number of aliphatic hydroxyl groups is 1. The summed E-state index contributed by atoms with van der Waals surface area (Å²) in [6.07, 6.45) is 1.84. The zero-order valence-corrected chi connectivity index (χ0v) is 21.9. The van der Waals surface area contributed by atoms with Crippen LogP contribution in [0.1, 0.15) is 56.5 Å². The monoisotopic (exact) mass is 491 g/mol. The van der Waals surface area contributed by atoms with Crippen LogP contribution >= 0.6 is 0 Å². The minimum atomic E-state index is -0.308. The van der Waals surface area contributed by atoms with Gasteiger partial charge in [-0.2, -0.15) is 5.26 Å². The summed E-state index contributed by atoms with van der Waals surface area (Å²) >= 11 is 0. The number of nitrogens with zero attached hydrogens (tertiary/aromatic N) is 2. The fourth-order valence-electron chi connectivity index (χ4n) is 6.18. The van der Waals surface area contributed by atoms with E-state index in [-0.39, 0.29) is 35.5 Å². The predicted octanol–water partition coefficient (Wildman–Crippen LogP) is 4.39. The molecule has 4 rings (SSSR count). The second-order valence-corrected chi connectivity index (χ2v) is 11.2. The molecule has 2 aromatic carbocycles. The van der Waals surface area contributed by atoms with Gasteiger partial charge in [0.25, 0.3) is 5.91 Å². The molecule has 36 heavy (non-hydrogen) atoms. The van der Waals surface area contributed by atoms with E-state index in [0.717, 1.165) is 31.6 Å². The average molecular weight is 492 g/mol. The van der Waals surface area contributed by atoms with Gasteiger partial charge < -0.3 is 24.8 Å². The molecule has 1 heterocycles. The van der Waals surface area contributed by atoms with Crippen molar-refractivity contribution in [3.8, 4) is 17.6 Å². The minimum Gasteiger partial charge on any atom is -0.495 e. The first kappa shape index (κ1) is 25.8. The summed E-state index contributed by atoms with van der Waals surface area (Å²) in [5.74, 6) is 1.42. The molecule has 0 radical (unpaired) electrons. The highest BCUT2D eigenvalue weighted by Crippen LogP contribution is 2.55. The maximum Gasteiger partial charge on any atom is 0.251 e. The van der Waals surface area contributed by atoms with E-state index in [1.54, 1.807) is 18.2 Å². The van der Waals surface area contributed by atoms with Crippen LogP contribution in [0.4, 0.5) is 5.69 Å². The molecule has 1 amide bonds. The molecule has 0 bridgehead atoms. The molecule has 1 aliphatic carbocycles. The molecule has 0 aromatic heterocycles. The smallest absolute Gasteiger partial charge is 0.251 e. The zero-order valence-electron chi connectivity index (χ0n) is 21.9. The van der Waals surface area contributed by atoms with Crippen molar-refractivity contribution in [1.82, 2.24) is 5.32 Å². The fourth-order valence-corrected chi connectivity index (χ4v) is 6.18. The van der Waals surface area contributed by atoms with Crippen molar-refractivity contribution in [2.45, 2.75) is 52.7 Å². The van der Waals surface area contributed by atoms with E-state index in [2.05, 4.69) is 44.0 Å². The quantitative estimate of drug-likeness (QED) is 0.597. The third-order valence-corrected chi connectivity index (χ3v) is 8.03. The van der Waals surface area contributed by atoms with Crippen molar-refractivity contribution in [1.29, 1.82) is 5.26 Å². The molecule has 7 nitrogen and oxygen atoms in total. The third kappa shape index (κ3) is 4.75. The molecule has 1 saturated carbocycles. The summed E-state index contributed by atoms with van der Waals surface area (Å²) < 4.78 is 11.7. The van der Waals surface area contributed by atoms with Gasteiger partial charge in [-0.3, -0.25) is 4.79 Å². The summed E-state index contributed by atoms with van der Waals surface area (Å²) in [4.78, 5) is 15.5. The Morgan fingerprint density at radius 3 is 2.31 bits per heavy atom. The Morgan fingerprint density at radius 2 is 1.75 bits per heavy atom. The van der Waals surface area contributed by atoms with Crippen molar-refractivity contribution < 1.29 is 19.4 Å². The van der Waals surface area contributed by atoms with Crippen molar-refractivity contribution >= 4 is 11.6 Å². The van der Waals surface area contributed by atoms with Crippen molar-refractivity contribution in [3.05, 3.63) is 53.6 Å². The summed E-state index contributed by atoms with van der Waals surface area (Å²) in [7, 11) is 1.54. The fraction of sp³-hybridized carbons (Fsp3) is 0.517. The van der Waals surface area contributed by atoms with Crippen LogP contribution in [-0.4, -0.2) is 50.0 Å². The van der Waals surface area contributed by atoms with Gasteiger partial charge in [0, 0.05) is 53.9 Å². The molecule has 0 spiro atoms. The highest BCUT2D eigenvalue weighted by Gasteiger charge is 2.64. The first-order valence-electron chi connectivity index (χ1n) is 12.6. The number of nitriles is 1. The van der Waals surface area contributed by atoms with Crippen LogP contribution in [0.15, 0.2) is 42.5 Å². The van der Waals surface area contributed by atoms with Gasteiger partial charge in [0.05, 0.1) is 12.7 Å². The van der Waals surface area contributed by atoms with E-state index in [1.165, 1.54) is 7.11 Å². The number of methoxy groups -OCH3 is 1. The van der Waals surface area contributed by atoms with E-state index in [4.69, 9.17) is 9.47 Å². The first-order valence-corrected chi connectivity index (χ1v) is 12.6. The van der Waals surface area contributed by atoms with Crippen LogP contribution in [0.2, 0.25) is 0 Å². The Labute approximate surface area is 214 Å². The molecule has 7 heteroatoms. The molecule has 2 fully saturated rings. The van der Waals surface area contributed by atoms with Crippen LogP contribution in [0.3, 0.4) is 0 Å². The first-order chi connectivity index (χ1) is 17.1. The molecule has 1 aliphatic heterocycles. The Balaban J connectivity index is 1.41. The number of hydrogen-bond donors (Lipinski definition) is 2. The van der Waals surface area contributed by atoms with Crippen molar-refractivity contribution in [2.75, 3.05) is 31.7 Å². The number of amides is 1. The van der Waals surface area contributed by atoms with Crippen LogP contribution in [0.25, 0.3) is 0 Å². The van der Waals surface area contributed by atoms with E-state index in [1.807, 2.05) is 24.3 Å². The van der Waals surface area contributed by atoms with E-state index >= 15 is 0 Å². The summed E-state index contributed by atoms with van der Waals surface area (Å²) in [6.45, 7) is 10.5. The van der Waals surface area contributed by atoms with E-state index in [0.29, 0.717) is 28.5 Å². The number of nitrogens with one attached hydrogen (secondary N) is 1. The molecular formula is C29H37N3O4. The minimum absolute atomic E-state index is 0.0834. The van der Waals surface area contributed by atoms with Gasteiger partial charge in [-0.15, -0.1) is 0 Å². The standard InChI is InChI=1S/C29H37N3O4/c1-28(2)26(29(3,4)27(28)36-23-11-8-21(17-30)24(16-23)35-5)31-25(34)20-6-9-22(10-7-20)32-14-12-19(18-33)13-15-32/h6-11,16,19,26-27,33H,12-15,18H2,1-5H3,(H,31,34). The third-order valence-electron chi connectivity index (χ3n) is 8.03. The summed E-state index contributed by atoms with van der Waals surface area (Å²) in [5, 5.41) is 21.9. The topological polar surface area (TPSA) is 94.8 Å². The molecular weight excluding hydrogens is 454 g/mol. The molecule has 2 N–H and O–H groups in total. The number of hydrogen-bond acceptors (Lipinski definition) is 6. The van der Waals surface area contributed by atoms with Crippen LogP contribution < -0.4 is 19.7 Å². The number of ether oxygens (including phenoxy) is 2. The largest absolute Gasteiger partial charge is 0.495 e. The number of rotatable bonds is 7. The second-order valence-electron chi connectivity index (χ2n) is 11.2. The maximum atomic E-state index is 13.2. The van der Waals surface area contributed by atoms with Gasteiger partial charge in [0.1, 0.15) is 23.7 Å². The number of carbonyl (C=O) groups is 1. The van der Waals surface area contributed by atoms with Gasteiger partial charge in [-0.05, 0) is 55.2 Å². The Hall–Kier alpha value is -3.24. The van der Waals surface area contributed by atoms with Gasteiger partial charge in [0.2, 0.25) is 0 Å². The van der Waals surface area contributed by atoms with E-state index in [9.17, 15) is 15.2 Å². The van der Waals surface area contributed by atoms with Crippen LogP contribution in [0, 0.1) is 28.1 Å². The Bertz CT molecular complexity index is 1110. The van der Waals surface area contributed by atoms with Gasteiger partial charge >= 0.3 is 0 Å².